The Balaban J connectivity index is 1.71. The number of imide groups is 1. The van der Waals surface area contributed by atoms with Crippen molar-refractivity contribution in [2.45, 2.75) is 17.4 Å². The predicted octanol–water partition coefficient (Wildman–Crippen LogP) is -0.297. The van der Waals surface area contributed by atoms with E-state index >= 15 is 0 Å². The van der Waals surface area contributed by atoms with Crippen molar-refractivity contribution in [3.63, 3.8) is 0 Å². The topological polar surface area (TPSA) is 107 Å². The van der Waals surface area contributed by atoms with E-state index in [4.69, 9.17) is 0 Å². The summed E-state index contributed by atoms with van der Waals surface area (Å²) < 4.78 is 25.3. The van der Waals surface area contributed by atoms with Crippen LogP contribution in [0.25, 0.3) is 0 Å². The Morgan fingerprint density at radius 1 is 1.19 bits per heavy atom. The molecular formula is C16H20N4O5S. The lowest BCUT2D eigenvalue weighted by Gasteiger charge is -2.21. The highest BCUT2D eigenvalue weighted by molar-refractivity contribution is 7.89. The molecule has 1 aromatic carbocycles. The molecule has 2 fully saturated rings. The summed E-state index contributed by atoms with van der Waals surface area (Å²) in [4.78, 5) is 39.0. The number of carbonyl (C=O) groups excluding carboxylic acids is 3. The third-order valence-corrected chi connectivity index (χ3v) is 6.40. The molecule has 0 radical (unpaired) electrons. The van der Waals surface area contributed by atoms with Crippen LogP contribution < -0.4 is 5.32 Å². The Labute approximate surface area is 151 Å². The van der Waals surface area contributed by atoms with Crippen LogP contribution in [0.2, 0.25) is 0 Å². The Morgan fingerprint density at radius 3 is 2.38 bits per heavy atom. The zero-order valence-electron chi connectivity index (χ0n) is 14.5. The van der Waals surface area contributed by atoms with E-state index in [1.165, 1.54) is 43.3 Å². The molecular weight excluding hydrogens is 360 g/mol. The van der Waals surface area contributed by atoms with Gasteiger partial charge in [0.15, 0.2) is 0 Å². The molecule has 1 atom stereocenters. The minimum absolute atomic E-state index is 0.00884. The molecule has 0 spiro atoms. The maximum atomic E-state index is 12.6. The highest BCUT2D eigenvalue weighted by Gasteiger charge is 2.39. The van der Waals surface area contributed by atoms with Crippen molar-refractivity contribution < 1.29 is 22.8 Å². The number of likely N-dealkylation sites (tertiary alicyclic amines) is 1. The molecule has 2 aliphatic heterocycles. The van der Waals surface area contributed by atoms with Crippen molar-refractivity contribution in [2.75, 3.05) is 33.7 Å². The Hall–Kier alpha value is -2.46. The summed E-state index contributed by atoms with van der Waals surface area (Å²) in [5, 5.41) is 2.47. The largest absolute Gasteiger partial charge is 0.336 e. The van der Waals surface area contributed by atoms with Gasteiger partial charge in [-0.15, -0.1) is 0 Å². The normalized spacial score (nSPS) is 20.8. The van der Waals surface area contributed by atoms with Gasteiger partial charge in [0.1, 0.15) is 0 Å². The predicted molar refractivity (Wildman–Crippen MR) is 91.9 cm³/mol. The molecule has 10 heteroatoms. The van der Waals surface area contributed by atoms with Gasteiger partial charge in [-0.3, -0.25) is 14.5 Å². The second-order valence-electron chi connectivity index (χ2n) is 6.43. The van der Waals surface area contributed by atoms with Gasteiger partial charge in [-0.05, 0) is 30.7 Å². The molecule has 0 aliphatic carbocycles. The van der Waals surface area contributed by atoms with Crippen LogP contribution in [0.5, 0.6) is 0 Å². The van der Waals surface area contributed by atoms with Crippen molar-refractivity contribution >= 4 is 27.9 Å². The lowest BCUT2D eigenvalue weighted by molar-refractivity contribution is -0.126. The molecule has 1 aromatic rings. The lowest BCUT2D eigenvalue weighted by atomic mass is 10.2. The molecule has 1 unspecified atom stereocenters. The van der Waals surface area contributed by atoms with Crippen molar-refractivity contribution in [1.82, 2.24) is 19.4 Å². The van der Waals surface area contributed by atoms with Gasteiger partial charge in [0.05, 0.1) is 17.5 Å². The molecule has 1 N–H and O–H groups in total. The van der Waals surface area contributed by atoms with Gasteiger partial charge in [0.2, 0.25) is 15.9 Å². The molecule has 3 rings (SSSR count). The smallest absolute Gasteiger partial charge is 0.324 e. The molecule has 9 nitrogen and oxygen atoms in total. The van der Waals surface area contributed by atoms with Gasteiger partial charge in [0.25, 0.3) is 5.91 Å². The number of urea groups is 1. The first-order chi connectivity index (χ1) is 12.2. The van der Waals surface area contributed by atoms with Gasteiger partial charge in [-0.2, -0.15) is 0 Å². The highest BCUT2D eigenvalue weighted by atomic mass is 32.2. The number of hydrogen-bond acceptors (Lipinski definition) is 5. The zero-order valence-corrected chi connectivity index (χ0v) is 15.3. The van der Waals surface area contributed by atoms with Crippen LogP contribution in [0.3, 0.4) is 0 Å². The van der Waals surface area contributed by atoms with E-state index in [1.54, 1.807) is 4.90 Å². The highest BCUT2D eigenvalue weighted by Crippen LogP contribution is 2.21. The quantitative estimate of drug-likeness (QED) is 0.722. The first-order valence-corrected chi connectivity index (χ1v) is 9.57. The Bertz CT molecular complexity index is 834. The fourth-order valence-electron chi connectivity index (χ4n) is 3.10. The van der Waals surface area contributed by atoms with Gasteiger partial charge < -0.3 is 10.2 Å². The van der Waals surface area contributed by atoms with Crippen LogP contribution >= 0.6 is 0 Å². The average Bonchev–Trinajstić information content (AvgIpc) is 3.20. The number of amides is 4. The maximum absolute atomic E-state index is 12.6. The summed E-state index contributed by atoms with van der Waals surface area (Å²) in [7, 11) is -0.673. The molecule has 2 saturated heterocycles. The molecule has 4 amide bonds. The fraction of sp³-hybridized carbons (Fsp3) is 0.438. The van der Waals surface area contributed by atoms with E-state index in [9.17, 15) is 22.8 Å². The Morgan fingerprint density at radius 2 is 1.85 bits per heavy atom. The first-order valence-electron chi connectivity index (χ1n) is 8.13. The molecule has 2 aliphatic rings. The Kier molecular flexibility index (Phi) is 4.72. The molecule has 140 valence electrons. The van der Waals surface area contributed by atoms with E-state index in [0.29, 0.717) is 18.5 Å². The number of rotatable bonds is 4. The summed E-state index contributed by atoms with van der Waals surface area (Å²) in [6.45, 7) is 0.694. The minimum Gasteiger partial charge on any atom is -0.336 e. The van der Waals surface area contributed by atoms with Crippen LogP contribution in [-0.4, -0.2) is 80.1 Å². The van der Waals surface area contributed by atoms with Gasteiger partial charge in [-0.1, -0.05) is 0 Å². The molecule has 0 bridgehead atoms. The average molecular weight is 380 g/mol. The van der Waals surface area contributed by atoms with E-state index in [-0.39, 0.29) is 35.8 Å². The van der Waals surface area contributed by atoms with E-state index in [2.05, 4.69) is 5.32 Å². The summed E-state index contributed by atoms with van der Waals surface area (Å²) in [6.07, 6.45) is 0.526. The van der Waals surface area contributed by atoms with Gasteiger partial charge >= 0.3 is 6.03 Å². The molecule has 2 heterocycles. The van der Waals surface area contributed by atoms with Crippen LogP contribution in [-0.2, 0) is 14.8 Å². The van der Waals surface area contributed by atoms with Crippen molar-refractivity contribution in [1.29, 1.82) is 0 Å². The monoisotopic (exact) mass is 380 g/mol. The second-order valence-corrected chi connectivity index (χ2v) is 8.58. The van der Waals surface area contributed by atoms with Crippen LogP contribution in [0.4, 0.5) is 4.79 Å². The van der Waals surface area contributed by atoms with Crippen LogP contribution in [0, 0.1) is 0 Å². The van der Waals surface area contributed by atoms with E-state index in [0.717, 1.165) is 4.31 Å². The molecule has 0 aromatic heterocycles. The second kappa shape index (κ2) is 6.69. The van der Waals surface area contributed by atoms with Crippen molar-refractivity contribution in [3.8, 4) is 0 Å². The summed E-state index contributed by atoms with van der Waals surface area (Å²) >= 11 is 0. The summed E-state index contributed by atoms with van der Waals surface area (Å²) in [6, 6.07) is 4.98. The number of nitrogens with zero attached hydrogens (tertiary/aromatic N) is 3. The number of nitrogens with one attached hydrogen (secondary N) is 1. The number of carbonyl (C=O) groups is 3. The number of benzene rings is 1. The fourth-order valence-corrected chi connectivity index (χ4v) is 4.01. The molecule has 0 saturated carbocycles. The SMILES string of the molecule is CN(C)S(=O)(=O)c1ccc(C(=O)N2CCC(N3C(=O)CNC3=O)C2)cc1. The van der Waals surface area contributed by atoms with E-state index < -0.39 is 16.1 Å². The number of sulfonamides is 1. The summed E-state index contributed by atoms with van der Waals surface area (Å²) in [5.41, 5.74) is 0.362. The third-order valence-electron chi connectivity index (χ3n) is 4.57. The van der Waals surface area contributed by atoms with Gasteiger partial charge in [-0.25, -0.2) is 17.5 Å². The van der Waals surface area contributed by atoms with Gasteiger partial charge in [0, 0.05) is 32.7 Å². The van der Waals surface area contributed by atoms with Crippen molar-refractivity contribution in [3.05, 3.63) is 29.8 Å². The van der Waals surface area contributed by atoms with Crippen molar-refractivity contribution in [2.24, 2.45) is 0 Å². The van der Waals surface area contributed by atoms with Crippen LogP contribution in [0.15, 0.2) is 29.2 Å². The zero-order chi connectivity index (χ0) is 19.1. The minimum atomic E-state index is -3.55. The lowest BCUT2D eigenvalue weighted by Crippen LogP contribution is -2.42. The third kappa shape index (κ3) is 3.17. The van der Waals surface area contributed by atoms with Crippen LogP contribution in [0.1, 0.15) is 16.8 Å². The number of hydrogen-bond donors (Lipinski definition) is 1. The first kappa shape index (κ1) is 18.3. The molecule has 26 heavy (non-hydrogen) atoms. The summed E-state index contributed by atoms with van der Waals surface area (Å²) in [5.74, 6) is -0.541. The standard InChI is InChI=1S/C16H20N4O5S/c1-18(2)26(24,25)13-5-3-11(4-6-13)15(22)19-8-7-12(10-19)20-14(21)9-17-16(20)23/h3-6,12H,7-10H2,1-2H3,(H,17,23). The maximum Gasteiger partial charge on any atom is 0.324 e. The van der Waals surface area contributed by atoms with E-state index in [1.807, 2.05) is 0 Å².